The van der Waals surface area contributed by atoms with E-state index in [-0.39, 0.29) is 12.8 Å². The van der Waals surface area contributed by atoms with Gasteiger partial charge in [0.1, 0.15) is 11.2 Å². The number of allylic oxidation sites excluding steroid dienone is 2. The van der Waals surface area contributed by atoms with Gasteiger partial charge < -0.3 is 14.9 Å². The second-order valence-electron chi connectivity index (χ2n) is 5.84. The van der Waals surface area contributed by atoms with Gasteiger partial charge in [0.05, 0.1) is 13.0 Å². The summed E-state index contributed by atoms with van der Waals surface area (Å²) in [5.41, 5.74) is 0.954. The summed E-state index contributed by atoms with van der Waals surface area (Å²) in [6.07, 6.45) is 0.455. The number of rotatable bonds is 4. The van der Waals surface area contributed by atoms with Gasteiger partial charge in [-0.15, -0.1) is 0 Å². The first-order valence-corrected chi connectivity index (χ1v) is 7.09. The number of hydrogen-bond acceptors (Lipinski definition) is 3. The molecular formula is C17H20O5. The lowest BCUT2D eigenvalue weighted by Gasteiger charge is -2.40. The van der Waals surface area contributed by atoms with E-state index in [1.165, 1.54) is 7.11 Å². The Labute approximate surface area is 129 Å². The second kappa shape index (κ2) is 5.83. The topological polar surface area (TPSA) is 83.8 Å². The lowest BCUT2D eigenvalue weighted by atomic mass is 9.61. The predicted molar refractivity (Wildman–Crippen MR) is 81.0 cm³/mol. The molecule has 1 aliphatic rings. The zero-order valence-electron chi connectivity index (χ0n) is 12.9. The standard InChI is InChI=1S/C17H20O5/c1-10-8-14(15(18)19)17(16(20)21,9-11(10)2)12-4-6-13(22-3)7-5-12/h4-7,14H,8-9H2,1-3H3,(H,18,19)(H,20,21). The molecule has 5 heteroatoms. The third-order valence-electron chi connectivity index (χ3n) is 4.66. The van der Waals surface area contributed by atoms with E-state index in [0.29, 0.717) is 11.3 Å². The number of carbonyl (C=O) groups is 2. The van der Waals surface area contributed by atoms with Crippen LogP contribution < -0.4 is 4.74 Å². The molecule has 0 saturated heterocycles. The molecule has 0 bridgehead atoms. The monoisotopic (exact) mass is 304 g/mol. The fourth-order valence-corrected chi connectivity index (χ4v) is 3.18. The molecule has 0 heterocycles. The van der Waals surface area contributed by atoms with Gasteiger partial charge in [0.15, 0.2) is 0 Å². The van der Waals surface area contributed by atoms with Crippen molar-refractivity contribution >= 4 is 11.9 Å². The Morgan fingerprint density at radius 3 is 2.18 bits per heavy atom. The van der Waals surface area contributed by atoms with Crippen LogP contribution in [0.2, 0.25) is 0 Å². The molecule has 2 rings (SSSR count). The molecule has 0 radical (unpaired) electrons. The molecule has 2 unspecified atom stereocenters. The summed E-state index contributed by atoms with van der Waals surface area (Å²) in [7, 11) is 1.53. The van der Waals surface area contributed by atoms with Crippen LogP contribution in [0.3, 0.4) is 0 Å². The average Bonchev–Trinajstić information content (AvgIpc) is 2.49. The Balaban J connectivity index is 2.63. The van der Waals surface area contributed by atoms with Crippen molar-refractivity contribution in [1.29, 1.82) is 0 Å². The first-order chi connectivity index (χ1) is 10.3. The maximum absolute atomic E-state index is 12.1. The molecule has 0 aliphatic heterocycles. The van der Waals surface area contributed by atoms with E-state index in [1.54, 1.807) is 24.3 Å². The largest absolute Gasteiger partial charge is 0.497 e. The van der Waals surface area contributed by atoms with Gasteiger partial charge in [-0.1, -0.05) is 23.3 Å². The number of carboxylic acids is 2. The van der Waals surface area contributed by atoms with Crippen LogP contribution in [-0.2, 0) is 15.0 Å². The van der Waals surface area contributed by atoms with E-state index in [9.17, 15) is 19.8 Å². The van der Waals surface area contributed by atoms with Gasteiger partial charge in [0.2, 0.25) is 0 Å². The van der Waals surface area contributed by atoms with Crippen molar-refractivity contribution in [3.05, 3.63) is 41.0 Å². The molecule has 0 spiro atoms. The lowest BCUT2D eigenvalue weighted by molar-refractivity contribution is -0.156. The van der Waals surface area contributed by atoms with Crippen molar-refractivity contribution in [1.82, 2.24) is 0 Å². The molecule has 118 valence electrons. The number of carboxylic acid groups (broad SMARTS) is 2. The van der Waals surface area contributed by atoms with Gasteiger partial charge in [0, 0.05) is 0 Å². The summed E-state index contributed by atoms with van der Waals surface area (Å²) in [5, 5.41) is 19.5. The van der Waals surface area contributed by atoms with E-state index in [4.69, 9.17) is 4.74 Å². The SMILES string of the molecule is COc1ccc(C2(C(=O)O)CC(C)=C(C)CC2C(=O)O)cc1. The molecule has 0 amide bonds. The van der Waals surface area contributed by atoms with Crippen LogP contribution >= 0.6 is 0 Å². The molecule has 1 aromatic rings. The lowest BCUT2D eigenvalue weighted by Crippen LogP contribution is -2.48. The Kier molecular flexibility index (Phi) is 4.26. The van der Waals surface area contributed by atoms with Gasteiger partial charge in [-0.2, -0.15) is 0 Å². The van der Waals surface area contributed by atoms with Crippen molar-refractivity contribution in [3.8, 4) is 5.75 Å². The normalized spacial score (nSPS) is 25.0. The van der Waals surface area contributed by atoms with Crippen LogP contribution in [-0.4, -0.2) is 29.3 Å². The van der Waals surface area contributed by atoms with Gasteiger partial charge >= 0.3 is 11.9 Å². The average molecular weight is 304 g/mol. The highest BCUT2D eigenvalue weighted by molar-refractivity contribution is 5.90. The van der Waals surface area contributed by atoms with E-state index in [2.05, 4.69) is 0 Å². The Morgan fingerprint density at radius 2 is 1.73 bits per heavy atom. The summed E-state index contributed by atoms with van der Waals surface area (Å²) < 4.78 is 5.09. The fourth-order valence-electron chi connectivity index (χ4n) is 3.18. The molecule has 22 heavy (non-hydrogen) atoms. The van der Waals surface area contributed by atoms with Crippen molar-refractivity contribution in [2.75, 3.05) is 7.11 Å². The molecule has 0 fully saturated rings. The van der Waals surface area contributed by atoms with Crippen LogP contribution in [0.1, 0.15) is 32.3 Å². The highest BCUT2D eigenvalue weighted by Crippen LogP contribution is 2.46. The smallest absolute Gasteiger partial charge is 0.315 e. The summed E-state index contributed by atoms with van der Waals surface area (Å²) in [6, 6.07) is 6.63. The van der Waals surface area contributed by atoms with Gasteiger partial charge in [-0.3, -0.25) is 9.59 Å². The fraction of sp³-hybridized carbons (Fsp3) is 0.412. The molecule has 0 aromatic heterocycles. The number of benzene rings is 1. The highest BCUT2D eigenvalue weighted by Gasteiger charge is 2.53. The molecular weight excluding hydrogens is 284 g/mol. The summed E-state index contributed by atoms with van der Waals surface area (Å²) in [6.45, 7) is 3.74. The number of hydrogen-bond donors (Lipinski definition) is 2. The van der Waals surface area contributed by atoms with Crippen LogP contribution in [0.5, 0.6) is 5.75 Å². The van der Waals surface area contributed by atoms with Crippen LogP contribution in [0.4, 0.5) is 0 Å². The second-order valence-corrected chi connectivity index (χ2v) is 5.84. The summed E-state index contributed by atoms with van der Waals surface area (Å²) in [5.74, 6) is -2.56. The van der Waals surface area contributed by atoms with Crippen LogP contribution in [0, 0.1) is 5.92 Å². The van der Waals surface area contributed by atoms with E-state index >= 15 is 0 Å². The van der Waals surface area contributed by atoms with E-state index in [1.807, 2.05) is 13.8 Å². The number of ether oxygens (including phenoxy) is 1. The molecule has 2 atom stereocenters. The number of aliphatic carboxylic acids is 2. The molecule has 1 aliphatic carbocycles. The minimum atomic E-state index is -1.44. The Bertz CT molecular complexity index is 629. The minimum Gasteiger partial charge on any atom is -0.497 e. The van der Waals surface area contributed by atoms with Gasteiger partial charge in [-0.05, 0) is 44.4 Å². The first kappa shape index (κ1) is 16.1. The van der Waals surface area contributed by atoms with Crippen LogP contribution in [0.25, 0.3) is 0 Å². The van der Waals surface area contributed by atoms with Crippen molar-refractivity contribution in [3.63, 3.8) is 0 Å². The van der Waals surface area contributed by atoms with Crippen molar-refractivity contribution in [2.45, 2.75) is 32.1 Å². The maximum Gasteiger partial charge on any atom is 0.315 e. The third-order valence-corrected chi connectivity index (χ3v) is 4.66. The summed E-state index contributed by atoms with van der Waals surface area (Å²) in [4.78, 5) is 23.8. The third kappa shape index (κ3) is 2.47. The summed E-state index contributed by atoms with van der Waals surface area (Å²) >= 11 is 0. The van der Waals surface area contributed by atoms with Crippen LogP contribution in [0.15, 0.2) is 35.4 Å². The van der Waals surface area contributed by atoms with Crippen molar-refractivity contribution in [2.24, 2.45) is 5.92 Å². The minimum absolute atomic E-state index is 0.206. The predicted octanol–water partition coefficient (Wildman–Crippen LogP) is 2.85. The quantitative estimate of drug-likeness (QED) is 0.836. The molecule has 2 N–H and O–H groups in total. The Hall–Kier alpha value is -2.30. The van der Waals surface area contributed by atoms with E-state index < -0.39 is 23.3 Å². The van der Waals surface area contributed by atoms with E-state index in [0.717, 1.165) is 11.1 Å². The maximum atomic E-state index is 12.1. The Morgan fingerprint density at radius 1 is 1.14 bits per heavy atom. The molecule has 5 nitrogen and oxygen atoms in total. The van der Waals surface area contributed by atoms with Gasteiger partial charge in [-0.25, -0.2) is 0 Å². The van der Waals surface area contributed by atoms with Gasteiger partial charge in [0.25, 0.3) is 0 Å². The number of methoxy groups -OCH3 is 1. The zero-order valence-corrected chi connectivity index (χ0v) is 12.9. The molecule has 0 saturated carbocycles. The highest BCUT2D eigenvalue weighted by atomic mass is 16.5. The van der Waals surface area contributed by atoms with Crippen molar-refractivity contribution < 1.29 is 24.5 Å². The zero-order chi connectivity index (χ0) is 16.5. The molecule has 1 aromatic carbocycles. The first-order valence-electron chi connectivity index (χ1n) is 7.09.